The lowest BCUT2D eigenvalue weighted by molar-refractivity contribution is 0.487. The van der Waals surface area contributed by atoms with Crippen molar-refractivity contribution in [2.45, 2.75) is 19.3 Å². The summed E-state index contributed by atoms with van der Waals surface area (Å²) in [5.74, 6) is -3.99. The molecule has 2 aromatic carbocycles. The van der Waals surface area contributed by atoms with Gasteiger partial charge in [-0.3, -0.25) is 4.39 Å². The first-order valence-electron chi connectivity index (χ1n) is 8.12. The summed E-state index contributed by atoms with van der Waals surface area (Å²) in [4.78, 5) is 0.235. The summed E-state index contributed by atoms with van der Waals surface area (Å²) in [6.45, 7) is 0. The molecule has 0 unspecified atom stereocenters. The molecule has 142 valence electrons. The van der Waals surface area contributed by atoms with Crippen LogP contribution >= 0.6 is 11.3 Å². The predicted octanol–water partition coefficient (Wildman–Crippen LogP) is 7.16. The van der Waals surface area contributed by atoms with Crippen LogP contribution in [0.5, 0.6) is 0 Å². The van der Waals surface area contributed by atoms with E-state index in [4.69, 9.17) is 0 Å². The molecule has 0 aliphatic heterocycles. The van der Waals surface area contributed by atoms with Gasteiger partial charge in [0.25, 0.3) is 0 Å². The maximum absolute atomic E-state index is 14.4. The summed E-state index contributed by atoms with van der Waals surface area (Å²) < 4.78 is 66.0. The van der Waals surface area contributed by atoms with E-state index in [2.05, 4.69) is 0 Å². The van der Waals surface area contributed by atoms with Crippen molar-refractivity contribution in [2.75, 3.05) is 7.18 Å². The van der Waals surface area contributed by atoms with Gasteiger partial charge in [-0.1, -0.05) is 0 Å². The number of rotatable bonds is 2. The summed E-state index contributed by atoms with van der Waals surface area (Å²) in [7, 11) is 0.500. The van der Waals surface area contributed by atoms with Gasteiger partial charge in [-0.2, -0.15) is 0 Å². The van der Waals surface area contributed by atoms with Gasteiger partial charge >= 0.3 is 0 Å². The van der Waals surface area contributed by atoms with Gasteiger partial charge in [-0.05, 0) is 55.2 Å². The first-order valence-corrected chi connectivity index (χ1v) is 8.94. The molecule has 1 aliphatic carbocycles. The van der Waals surface area contributed by atoms with Crippen LogP contribution < -0.4 is 0 Å². The Morgan fingerprint density at radius 2 is 1.59 bits per heavy atom. The Labute approximate surface area is 156 Å². The van der Waals surface area contributed by atoms with E-state index in [0.717, 1.165) is 29.4 Å². The normalized spacial score (nSPS) is 13.2. The highest BCUT2D eigenvalue weighted by molar-refractivity contribution is 7.20. The van der Waals surface area contributed by atoms with Gasteiger partial charge in [0.15, 0.2) is 11.6 Å². The second-order valence-electron chi connectivity index (χ2n) is 5.97. The maximum atomic E-state index is 14.4. The molecule has 0 amide bonds. The van der Waals surface area contributed by atoms with Crippen molar-refractivity contribution in [3.63, 3.8) is 0 Å². The molecule has 1 aromatic heterocycles. The number of fused-ring (bicyclic) bond motifs is 1. The van der Waals surface area contributed by atoms with Gasteiger partial charge in [0.2, 0.25) is 0 Å². The van der Waals surface area contributed by atoms with E-state index in [1.54, 1.807) is 0 Å². The summed E-state index contributed by atoms with van der Waals surface area (Å²) in [6.07, 6.45) is 2.32. The zero-order valence-electron chi connectivity index (χ0n) is 14.3. The minimum absolute atomic E-state index is 0.0501. The minimum atomic E-state index is -1.32. The van der Waals surface area contributed by atoms with Gasteiger partial charge in [0.05, 0.1) is 17.6 Å². The van der Waals surface area contributed by atoms with Crippen LogP contribution in [-0.4, -0.2) is 12.3 Å². The number of hydrogen-bond acceptors (Lipinski definition) is 2. The van der Waals surface area contributed by atoms with Crippen LogP contribution in [-0.2, 0) is 0 Å². The number of thiophene rings is 1. The third kappa shape index (κ3) is 3.32. The third-order valence-corrected chi connectivity index (χ3v) is 5.61. The fourth-order valence-corrected chi connectivity index (χ4v) is 4.22. The molecule has 1 fully saturated rings. The first-order chi connectivity index (χ1) is 13.0. The Morgan fingerprint density at radius 3 is 2.22 bits per heavy atom. The first kappa shape index (κ1) is 19.4. The molecular formula is C20H15F5OS. The number of aliphatic hydroxyl groups excluding tert-OH is 1. The molecule has 27 heavy (non-hydrogen) atoms. The van der Waals surface area contributed by atoms with Gasteiger partial charge in [0, 0.05) is 15.6 Å². The molecule has 1 nitrogen and oxygen atoms in total. The SMILES string of the molecule is CF.OC(=C1CCC1)c1sc2cc(F)ccc2c1-c1c(F)ccc(F)c1F. The summed E-state index contributed by atoms with van der Waals surface area (Å²) in [5, 5.41) is 10.9. The van der Waals surface area contributed by atoms with Crippen molar-refractivity contribution >= 4 is 27.2 Å². The summed E-state index contributed by atoms with van der Waals surface area (Å²) in [5.41, 5.74) is 0.302. The second-order valence-corrected chi connectivity index (χ2v) is 7.02. The average molecular weight is 398 g/mol. The number of allylic oxidation sites excluding steroid dienone is 1. The predicted molar refractivity (Wildman–Crippen MR) is 97.5 cm³/mol. The van der Waals surface area contributed by atoms with E-state index in [-0.39, 0.29) is 16.2 Å². The Kier molecular flexibility index (Phi) is 5.51. The van der Waals surface area contributed by atoms with E-state index >= 15 is 0 Å². The highest BCUT2D eigenvalue weighted by Gasteiger charge is 2.27. The molecule has 1 N–H and O–H groups in total. The zero-order chi connectivity index (χ0) is 19.7. The monoisotopic (exact) mass is 398 g/mol. The van der Waals surface area contributed by atoms with Crippen LogP contribution in [0.1, 0.15) is 24.1 Å². The van der Waals surface area contributed by atoms with Crippen LogP contribution in [0.3, 0.4) is 0 Å². The van der Waals surface area contributed by atoms with Gasteiger partial charge in [-0.25, -0.2) is 17.6 Å². The molecule has 1 aliphatic rings. The van der Waals surface area contributed by atoms with E-state index in [1.807, 2.05) is 0 Å². The molecule has 1 saturated carbocycles. The summed E-state index contributed by atoms with van der Waals surface area (Å²) in [6, 6.07) is 5.36. The standard InChI is InChI=1S/C19H12F4OS.CH3F/c20-10-4-5-11-14(8-10)25-19(18(24)9-2-1-3-9)15(11)16-12(21)6-7-13(22)17(16)23;1-2/h4-8,24H,1-3H2;1H3. The summed E-state index contributed by atoms with van der Waals surface area (Å²) >= 11 is 1.04. The fraction of sp³-hybridized carbons (Fsp3) is 0.200. The highest BCUT2D eigenvalue weighted by Crippen LogP contribution is 2.46. The van der Waals surface area contributed by atoms with Crippen molar-refractivity contribution < 1.29 is 27.1 Å². The molecule has 0 bridgehead atoms. The van der Waals surface area contributed by atoms with Crippen molar-refractivity contribution in [3.8, 4) is 11.1 Å². The van der Waals surface area contributed by atoms with Crippen LogP contribution in [0, 0.1) is 23.3 Å². The molecule has 0 radical (unpaired) electrons. The molecule has 0 spiro atoms. The lowest BCUT2D eigenvalue weighted by Crippen LogP contribution is -2.02. The number of alkyl halides is 1. The number of benzene rings is 2. The topological polar surface area (TPSA) is 20.2 Å². The lowest BCUT2D eigenvalue weighted by Gasteiger charge is -2.18. The maximum Gasteiger partial charge on any atom is 0.169 e. The largest absolute Gasteiger partial charge is 0.506 e. The van der Waals surface area contributed by atoms with Crippen molar-refractivity contribution in [1.29, 1.82) is 0 Å². The highest BCUT2D eigenvalue weighted by atomic mass is 32.1. The van der Waals surface area contributed by atoms with Crippen molar-refractivity contribution in [3.05, 3.63) is 64.1 Å². The van der Waals surface area contributed by atoms with E-state index in [9.17, 15) is 27.1 Å². The molecule has 7 heteroatoms. The molecule has 1 heterocycles. The molecule has 0 saturated heterocycles. The van der Waals surface area contributed by atoms with Crippen LogP contribution in [0.2, 0.25) is 0 Å². The quantitative estimate of drug-likeness (QED) is 0.276. The Hall–Kier alpha value is -2.41. The van der Waals surface area contributed by atoms with Crippen molar-refractivity contribution in [2.24, 2.45) is 0 Å². The molecule has 3 aromatic rings. The van der Waals surface area contributed by atoms with Gasteiger partial charge < -0.3 is 5.11 Å². The van der Waals surface area contributed by atoms with Crippen LogP contribution in [0.4, 0.5) is 22.0 Å². The number of halogens is 5. The van der Waals surface area contributed by atoms with E-state index in [0.29, 0.717) is 36.2 Å². The molecule has 0 atom stereocenters. The molecule has 4 rings (SSSR count). The van der Waals surface area contributed by atoms with Gasteiger partial charge in [0.1, 0.15) is 17.4 Å². The van der Waals surface area contributed by atoms with Crippen molar-refractivity contribution in [1.82, 2.24) is 0 Å². The van der Waals surface area contributed by atoms with E-state index < -0.39 is 28.8 Å². The fourth-order valence-electron chi connectivity index (χ4n) is 2.99. The average Bonchev–Trinajstić information content (AvgIpc) is 2.97. The second kappa shape index (κ2) is 7.68. The van der Waals surface area contributed by atoms with Crippen LogP contribution in [0.15, 0.2) is 35.9 Å². The minimum Gasteiger partial charge on any atom is -0.506 e. The number of hydrogen-bond donors (Lipinski definition) is 1. The third-order valence-electron chi connectivity index (χ3n) is 4.45. The van der Waals surface area contributed by atoms with E-state index in [1.165, 1.54) is 18.2 Å². The van der Waals surface area contributed by atoms with Crippen LogP contribution in [0.25, 0.3) is 27.0 Å². The Morgan fingerprint density at radius 1 is 0.926 bits per heavy atom. The lowest BCUT2D eigenvalue weighted by atomic mass is 9.89. The zero-order valence-corrected chi connectivity index (χ0v) is 15.1. The molecular weight excluding hydrogens is 383 g/mol. The Bertz CT molecular complexity index is 1030. The Balaban J connectivity index is 0.00000102. The van der Waals surface area contributed by atoms with Gasteiger partial charge in [-0.15, -0.1) is 11.3 Å². The smallest absolute Gasteiger partial charge is 0.169 e. The number of aliphatic hydroxyl groups is 1.